The van der Waals surface area contributed by atoms with Gasteiger partial charge in [0.25, 0.3) is 0 Å². The Morgan fingerprint density at radius 3 is 2.56 bits per heavy atom. The SMILES string of the molecule is Cc1cc(C(O)CC2CCC2)c(F)cc1F. The van der Waals surface area contributed by atoms with Crippen molar-refractivity contribution in [2.45, 2.75) is 38.7 Å². The van der Waals surface area contributed by atoms with Crippen LogP contribution in [0.4, 0.5) is 8.78 Å². The summed E-state index contributed by atoms with van der Waals surface area (Å²) in [6.45, 7) is 1.58. The summed E-state index contributed by atoms with van der Waals surface area (Å²) in [5, 5.41) is 9.89. The summed E-state index contributed by atoms with van der Waals surface area (Å²) in [7, 11) is 0. The quantitative estimate of drug-likeness (QED) is 0.836. The van der Waals surface area contributed by atoms with Gasteiger partial charge in [-0.3, -0.25) is 0 Å². The molecule has 16 heavy (non-hydrogen) atoms. The molecule has 0 heterocycles. The molecule has 0 saturated heterocycles. The summed E-state index contributed by atoms with van der Waals surface area (Å²) in [5.41, 5.74) is 0.606. The van der Waals surface area contributed by atoms with E-state index in [0.717, 1.165) is 18.9 Å². The summed E-state index contributed by atoms with van der Waals surface area (Å²) in [6, 6.07) is 2.27. The van der Waals surface area contributed by atoms with Crippen molar-refractivity contribution in [2.75, 3.05) is 0 Å². The molecule has 2 rings (SSSR count). The van der Waals surface area contributed by atoms with Crippen LogP contribution in [0.15, 0.2) is 12.1 Å². The van der Waals surface area contributed by atoms with Crippen LogP contribution in [0.5, 0.6) is 0 Å². The number of hydrogen-bond donors (Lipinski definition) is 1. The number of benzene rings is 1. The largest absolute Gasteiger partial charge is 0.388 e. The molecule has 1 aromatic rings. The van der Waals surface area contributed by atoms with Crippen molar-refractivity contribution < 1.29 is 13.9 Å². The second kappa shape index (κ2) is 4.50. The third kappa shape index (κ3) is 2.24. The molecule has 1 aliphatic rings. The predicted octanol–water partition coefficient (Wildman–Crippen LogP) is 3.50. The van der Waals surface area contributed by atoms with Crippen molar-refractivity contribution in [1.29, 1.82) is 0 Å². The van der Waals surface area contributed by atoms with Gasteiger partial charge in [0.15, 0.2) is 0 Å². The molecule has 1 N–H and O–H groups in total. The maximum atomic E-state index is 13.5. The summed E-state index contributed by atoms with van der Waals surface area (Å²) < 4.78 is 26.5. The maximum Gasteiger partial charge on any atom is 0.131 e. The zero-order valence-electron chi connectivity index (χ0n) is 9.34. The lowest BCUT2D eigenvalue weighted by atomic mass is 9.80. The van der Waals surface area contributed by atoms with E-state index in [4.69, 9.17) is 0 Å². The molecule has 0 aliphatic heterocycles. The second-order valence-electron chi connectivity index (χ2n) is 4.67. The molecular formula is C13H16F2O. The molecule has 0 aromatic heterocycles. The molecule has 1 aliphatic carbocycles. The van der Waals surface area contributed by atoms with E-state index in [1.165, 1.54) is 12.5 Å². The Labute approximate surface area is 94.1 Å². The third-order valence-corrected chi connectivity index (χ3v) is 3.42. The fourth-order valence-corrected chi connectivity index (χ4v) is 2.11. The van der Waals surface area contributed by atoms with E-state index < -0.39 is 17.7 Å². The predicted molar refractivity (Wildman–Crippen MR) is 58.0 cm³/mol. The third-order valence-electron chi connectivity index (χ3n) is 3.42. The highest BCUT2D eigenvalue weighted by Gasteiger charge is 2.23. The Bertz CT molecular complexity index is 386. The first-order chi connectivity index (χ1) is 7.58. The summed E-state index contributed by atoms with van der Waals surface area (Å²) in [4.78, 5) is 0. The Morgan fingerprint density at radius 2 is 2.00 bits per heavy atom. The molecule has 1 aromatic carbocycles. The average Bonchev–Trinajstić information content (AvgIpc) is 2.17. The lowest BCUT2D eigenvalue weighted by molar-refractivity contribution is 0.115. The van der Waals surface area contributed by atoms with Crippen molar-refractivity contribution in [3.8, 4) is 0 Å². The molecule has 88 valence electrons. The Morgan fingerprint density at radius 1 is 1.31 bits per heavy atom. The number of aliphatic hydroxyl groups is 1. The van der Waals surface area contributed by atoms with Gasteiger partial charge in [-0.05, 0) is 30.9 Å². The molecule has 3 heteroatoms. The van der Waals surface area contributed by atoms with Gasteiger partial charge in [-0.1, -0.05) is 19.3 Å². The molecule has 1 fully saturated rings. The second-order valence-corrected chi connectivity index (χ2v) is 4.67. The Kier molecular flexibility index (Phi) is 3.24. The lowest BCUT2D eigenvalue weighted by Gasteiger charge is -2.27. The van der Waals surface area contributed by atoms with Crippen LogP contribution < -0.4 is 0 Å². The van der Waals surface area contributed by atoms with E-state index in [1.54, 1.807) is 6.92 Å². The number of rotatable bonds is 3. The number of hydrogen-bond acceptors (Lipinski definition) is 1. The normalized spacial score (nSPS) is 18.2. The fraction of sp³-hybridized carbons (Fsp3) is 0.538. The molecule has 0 spiro atoms. The number of aryl methyl sites for hydroxylation is 1. The zero-order valence-corrected chi connectivity index (χ0v) is 9.34. The minimum absolute atomic E-state index is 0.228. The topological polar surface area (TPSA) is 20.2 Å². The smallest absolute Gasteiger partial charge is 0.131 e. The van der Waals surface area contributed by atoms with E-state index in [0.29, 0.717) is 17.9 Å². The number of aliphatic hydroxyl groups excluding tert-OH is 1. The summed E-state index contributed by atoms with van der Waals surface area (Å²) >= 11 is 0. The van der Waals surface area contributed by atoms with Gasteiger partial charge in [0.05, 0.1) is 6.10 Å². The van der Waals surface area contributed by atoms with Crippen molar-refractivity contribution in [2.24, 2.45) is 5.92 Å². The minimum Gasteiger partial charge on any atom is -0.388 e. The standard InChI is InChI=1S/C13H16F2O/c1-8-5-10(12(15)7-11(8)14)13(16)6-9-3-2-4-9/h5,7,9,13,16H,2-4,6H2,1H3. The first-order valence-electron chi connectivity index (χ1n) is 5.71. The number of halogens is 2. The molecule has 0 radical (unpaired) electrons. The minimum atomic E-state index is -0.801. The maximum absolute atomic E-state index is 13.5. The lowest BCUT2D eigenvalue weighted by Crippen LogP contribution is -2.15. The van der Waals surface area contributed by atoms with Gasteiger partial charge in [-0.25, -0.2) is 8.78 Å². The highest BCUT2D eigenvalue weighted by Crippen LogP contribution is 2.35. The average molecular weight is 226 g/mol. The van der Waals surface area contributed by atoms with Gasteiger partial charge in [-0.2, -0.15) is 0 Å². The molecule has 1 nitrogen and oxygen atoms in total. The molecule has 0 bridgehead atoms. The van der Waals surface area contributed by atoms with Gasteiger partial charge in [0, 0.05) is 11.6 Å². The van der Waals surface area contributed by atoms with Gasteiger partial charge in [0.1, 0.15) is 11.6 Å². The van der Waals surface area contributed by atoms with Gasteiger partial charge < -0.3 is 5.11 Å². The van der Waals surface area contributed by atoms with Crippen LogP contribution in [-0.4, -0.2) is 5.11 Å². The van der Waals surface area contributed by atoms with Crippen LogP contribution in [0.1, 0.15) is 42.9 Å². The van der Waals surface area contributed by atoms with E-state index in [9.17, 15) is 13.9 Å². The van der Waals surface area contributed by atoms with E-state index in [2.05, 4.69) is 0 Å². The van der Waals surface area contributed by atoms with Crippen LogP contribution in [0, 0.1) is 24.5 Å². The van der Waals surface area contributed by atoms with Crippen LogP contribution in [-0.2, 0) is 0 Å². The van der Waals surface area contributed by atoms with Crippen molar-refractivity contribution in [1.82, 2.24) is 0 Å². The van der Waals surface area contributed by atoms with Crippen molar-refractivity contribution >= 4 is 0 Å². The van der Waals surface area contributed by atoms with Crippen LogP contribution in [0.3, 0.4) is 0 Å². The Balaban J connectivity index is 2.14. The molecule has 1 saturated carbocycles. The van der Waals surface area contributed by atoms with E-state index in [-0.39, 0.29) is 5.56 Å². The fourth-order valence-electron chi connectivity index (χ4n) is 2.11. The molecular weight excluding hydrogens is 210 g/mol. The van der Waals surface area contributed by atoms with Crippen molar-refractivity contribution in [3.63, 3.8) is 0 Å². The zero-order chi connectivity index (χ0) is 11.7. The highest BCUT2D eigenvalue weighted by atomic mass is 19.1. The molecule has 1 atom stereocenters. The first-order valence-corrected chi connectivity index (χ1v) is 5.71. The van der Waals surface area contributed by atoms with E-state index >= 15 is 0 Å². The highest BCUT2D eigenvalue weighted by molar-refractivity contribution is 5.27. The first kappa shape index (κ1) is 11.5. The van der Waals surface area contributed by atoms with Crippen LogP contribution in [0.2, 0.25) is 0 Å². The van der Waals surface area contributed by atoms with Gasteiger partial charge in [-0.15, -0.1) is 0 Å². The summed E-state index contributed by atoms with van der Waals surface area (Å²) in [5.74, 6) is -0.702. The monoisotopic (exact) mass is 226 g/mol. The molecule has 1 unspecified atom stereocenters. The van der Waals surface area contributed by atoms with Crippen LogP contribution >= 0.6 is 0 Å². The molecule has 0 amide bonds. The van der Waals surface area contributed by atoms with E-state index in [1.807, 2.05) is 0 Å². The van der Waals surface area contributed by atoms with Crippen molar-refractivity contribution in [3.05, 3.63) is 34.9 Å². The van der Waals surface area contributed by atoms with Crippen LogP contribution in [0.25, 0.3) is 0 Å². The summed E-state index contributed by atoms with van der Waals surface area (Å²) in [6.07, 6.45) is 3.20. The Hall–Kier alpha value is -0.960. The van der Waals surface area contributed by atoms with Gasteiger partial charge >= 0.3 is 0 Å². The van der Waals surface area contributed by atoms with Gasteiger partial charge in [0.2, 0.25) is 0 Å².